The molecule has 2 rings (SSSR count). The number of carbonyl (C=O) groups is 1. The van der Waals surface area contributed by atoms with E-state index in [1.54, 1.807) is 17.8 Å². The molecular weight excluding hydrogens is 316 g/mol. The highest BCUT2D eigenvalue weighted by Crippen LogP contribution is 2.29. The molecule has 0 aliphatic carbocycles. The van der Waals surface area contributed by atoms with Crippen LogP contribution in [0.4, 0.5) is 11.4 Å². The zero-order chi connectivity index (χ0) is 16.8. The molecule has 0 saturated carbocycles. The van der Waals surface area contributed by atoms with Gasteiger partial charge >= 0.3 is 0 Å². The number of nitro benzene ring substituents is 1. The number of nitro groups is 1. The minimum absolute atomic E-state index is 0.151. The van der Waals surface area contributed by atoms with E-state index in [9.17, 15) is 14.9 Å². The molecule has 6 nitrogen and oxygen atoms in total. The first-order valence-electron chi connectivity index (χ1n) is 6.78. The van der Waals surface area contributed by atoms with Gasteiger partial charge in [0, 0.05) is 4.90 Å². The molecule has 1 amide bonds. The summed E-state index contributed by atoms with van der Waals surface area (Å²) in [4.78, 5) is 23.8. The van der Waals surface area contributed by atoms with E-state index in [4.69, 9.17) is 4.74 Å². The van der Waals surface area contributed by atoms with Gasteiger partial charge in [0.2, 0.25) is 5.91 Å². The van der Waals surface area contributed by atoms with Crippen LogP contribution < -0.4 is 10.1 Å². The molecular formula is C16H16N2O4S. The van der Waals surface area contributed by atoms with Crippen LogP contribution in [0.25, 0.3) is 0 Å². The van der Waals surface area contributed by atoms with E-state index in [0.717, 1.165) is 10.5 Å². The Morgan fingerprint density at radius 2 is 1.96 bits per heavy atom. The maximum absolute atomic E-state index is 12.1. The molecule has 0 saturated heterocycles. The minimum atomic E-state index is -0.550. The van der Waals surface area contributed by atoms with Crippen LogP contribution in [0.1, 0.15) is 5.56 Å². The molecule has 0 bridgehead atoms. The van der Waals surface area contributed by atoms with E-state index in [-0.39, 0.29) is 23.7 Å². The van der Waals surface area contributed by atoms with Crippen molar-refractivity contribution in [3.8, 4) is 5.75 Å². The van der Waals surface area contributed by atoms with Crippen molar-refractivity contribution in [3.63, 3.8) is 0 Å². The SMILES string of the molecule is COc1ccc(NC(=O)Cc2ccc(SC)cc2)c([N+](=O)[O-])c1. The molecule has 0 fully saturated rings. The van der Waals surface area contributed by atoms with E-state index in [2.05, 4.69) is 5.32 Å². The lowest BCUT2D eigenvalue weighted by atomic mass is 10.1. The number of thioether (sulfide) groups is 1. The first-order chi connectivity index (χ1) is 11.0. The Hall–Kier alpha value is -2.54. The summed E-state index contributed by atoms with van der Waals surface area (Å²) in [5.41, 5.74) is 0.799. The summed E-state index contributed by atoms with van der Waals surface area (Å²) >= 11 is 1.62. The third-order valence-corrected chi connectivity index (χ3v) is 3.94. The zero-order valence-electron chi connectivity index (χ0n) is 12.7. The van der Waals surface area contributed by atoms with Gasteiger partial charge in [0.1, 0.15) is 11.4 Å². The fourth-order valence-corrected chi connectivity index (χ4v) is 2.43. The van der Waals surface area contributed by atoms with Gasteiger partial charge in [0.05, 0.1) is 24.5 Å². The number of rotatable bonds is 6. The summed E-state index contributed by atoms with van der Waals surface area (Å²) < 4.78 is 4.96. The van der Waals surface area contributed by atoms with Crippen LogP contribution in [-0.4, -0.2) is 24.2 Å². The number of carbonyl (C=O) groups excluding carboxylic acids is 1. The van der Waals surface area contributed by atoms with E-state index in [1.165, 1.54) is 19.2 Å². The molecule has 0 aliphatic heterocycles. The van der Waals surface area contributed by atoms with Gasteiger partial charge in [0.15, 0.2) is 0 Å². The number of nitrogens with one attached hydrogen (secondary N) is 1. The van der Waals surface area contributed by atoms with Crippen LogP contribution in [0.2, 0.25) is 0 Å². The van der Waals surface area contributed by atoms with Crippen LogP contribution >= 0.6 is 11.8 Å². The van der Waals surface area contributed by atoms with Crippen LogP contribution in [0, 0.1) is 10.1 Å². The number of benzene rings is 2. The number of hydrogen-bond donors (Lipinski definition) is 1. The average molecular weight is 332 g/mol. The fraction of sp³-hybridized carbons (Fsp3) is 0.188. The van der Waals surface area contributed by atoms with Gasteiger partial charge in [-0.3, -0.25) is 14.9 Å². The average Bonchev–Trinajstić information content (AvgIpc) is 2.55. The van der Waals surface area contributed by atoms with Gasteiger partial charge in [-0.05, 0) is 36.1 Å². The van der Waals surface area contributed by atoms with Crippen molar-refractivity contribution in [2.75, 3.05) is 18.7 Å². The van der Waals surface area contributed by atoms with Crippen molar-refractivity contribution in [1.29, 1.82) is 0 Å². The minimum Gasteiger partial charge on any atom is -0.496 e. The van der Waals surface area contributed by atoms with Gasteiger partial charge in [-0.15, -0.1) is 11.8 Å². The quantitative estimate of drug-likeness (QED) is 0.497. The third kappa shape index (κ3) is 4.46. The molecule has 7 heteroatoms. The van der Waals surface area contributed by atoms with Crippen molar-refractivity contribution >= 4 is 29.0 Å². The highest BCUT2D eigenvalue weighted by Gasteiger charge is 2.17. The highest BCUT2D eigenvalue weighted by molar-refractivity contribution is 7.98. The number of hydrogen-bond acceptors (Lipinski definition) is 5. The molecule has 2 aromatic rings. The Kier molecular flexibility index (Phi) is 5.59. The Morgan fingerprint density at radius 1 is 1.26 bits per heavy atom. The molecule has 2 aromatic carbocycles. The summed E-state index contributed by atoms with van der Waals surface area (Å²) in [6.45, 7) is 0. The second-order valence-electron chi connectivity index (χ2n) is 4.71. The Labute approximate surface area is 138 Å². The first-order valence-corrected chi connectivity index (χ1v) is 8.01. The van der Waals surface area contributed by atoms with E-state index < -0.39 is 4.92 Å². The smallest absolute Gasteiger partial charge is 0.296 e. The lowest BCUT2D eigenvalue weighted by Crippen LogP contribution is -2.15. The van der Waals surface area contributed by atoms with Crippen LogP contribution in [0.5, 0.6) is 5.75 Å². The molecule has 0 radical (unpaired) electrons. The van der Waals surface area contributed by atoms with Crippen molar-refractivity contribution in [3.05, 3.63) is 58.1 Å². The fourth-order valence-electron chi connectivity index (χ4n) is 2.02. The largest absolute Gasteiger partial charge is 0.496 e. The summed E-state index contributed by atoms with van der Waals surface area (Å²) in [5, 5.41) is 13.7. The Balaban J connectivity index is 2.11. The van der Waals surface area contributed by atoms with Crippen molar-refractivity contribution in [2.24, 2.45) is 0 Å². The Bertz CT molecular complexity index is 717. The number of anilines is 1. The maximum atomic E-state index is 12.1. The lowest BCUT2D eigenvalue weighted by molar-refractivity contribution is -0.384. The molecule has 0 atom stereocenters. The summed E-state index contributed by atoms with van der Waals surface area (Å²) in [6.07, 6.45) is 2.13. The molecule has 1 N–H and O–H groups in total. The third-order valence-electron chi connectivity index (χ3n) is 3.20. The van der Waals surface area contributed by atoms with Crippen molar-refractivity contribution in [1.82, 2.24) is 0 Å². The van der Waals surface area contributed by atoms with Gasteiger partial charge in [-0.1, -0.05) is 12.1 Å². The number of methoxy groups -OCH3 is 1. The van der Waals surface area contributed by atoms with Crippen molar-refractivity contribution < 1.29 is 14.5 Å². The maximum Gasteiger partial charge on any atom is 0.296 e. The van der Waals surface area contributed by atoms with Crippen LogP contribution in [-0.2, 0) is 11.2 Å². The summed E-state index contributed by atoms with van der Waals surface area (Å²) in [7, 11) is 1.43. The van der Waals surface area contributed by atoms with E-state index in [1.807, 2.05) is 30.5 Å². The van der Waals surface area contributed by atoms with Crippen LogP contribution in [0.15, 0.2) is 47.4 Å². The molecule has 0 aromatic heterocycles. The molecule has 0 aliphatic rings. The van der Waals surface area contributed by atoms with Gasteiger partial charge in [0.25, 0.3) is 5.69 Å². The van der Waals surface area contributed by atoms with Crippen molar-refractivity contribution in [2.45, 2.75) is 11.3 Å². The van der Waals surface area contributed by atoms with Gasteiger partial charge < -0.3 is 10.1 Å². The second kappa shape index (κ2) is 7.64. The first kappa shape index (κ1) is 16.8. The zero-order valence-corrected chi connectivity index (χ0v) is 13.6. The highest BCUT2D eigenvalue weighted by atomic mass is 32.2. The van der Waals surface area contributed by atoms with Gasteiger partial charge in [-0.2, -0.15) is 0 Å². The molecule has 0 unspecified atom stereocenters. The second-order valence-corrected chi connectivity index (χ2v) is 5.59. The van der Waals surface area contributed by atoms with E-state index >= 15 is 0 Å². The molecule has 0 heterocycles. The molecule has 23 heavy (non-hydrogen) atoms. The predicted octanol–water partition coefficient (Wildman–Crippen LogP) is 3.51. The monoisotopic (exact) mass is 332 g/mol. The standard InChI is InChI=1S/C16H16N2O4S/c1-22-12-5-8-14(15(10-12)18(20)21)17-16(19)9-11-3-6-13(23-2)7-4-11/h3-8,10H,9H2,1-2H3,(H,17,19). The number of ether oxygens (including phenoxy) is 1. The Morgan fingerprint density at radius 3 is 2.52 bits per heavy atom. The number of nitrogens with zero attached hydrogens (tertiary/aromatic N) is 1. The summed E-state index contributed by atoms with van der Waals surface area (Å²) in [6, 6.07) is 11.9. The lowest BCUT2D eigenvalue weighted by Gasteiger charge is -2.08. The van der Waals surface area contributed by atoms with E-state index in [0.29, 0.717) is 5.75 Å². The van der Waals surface area contributed by atoms with Crippen LogP contribution in [0.3, 0.4) is 0 Å². The number of amides is 1. The molecule has 120 valence electrons. The summed E-state index contributed by atoms with van der Waals surface area (Å²) in [5.74, 6) is 0.0533. The molecule has 0 spiro atoms. The normalized spacial score (nSPS) is 10.2. The predicted molar refractivity (Wildman–Crippen MR) is 90.2 cm³/mol. The van der Waals surface area contributed by atoms with Gasteiger partial charge in [-0.25, -0.2) is 0 Å². The topological polar surface area (TPSA) is 81.5 Å².